The van der Waals surface area contributed by atoms with Gasteiger partial charge in [-0.15, -0.1) is 11.3 Å². The van der Waals surface area contributed by atoms with Crippen molar-refractivity contribution in [3.8, 4) is 0 Å². The van der Waals surface area contributed by atoms with E-state index in [0.717, 1.165) is 6.07 Å². The van der Waals surface area contributed by atoms with E-state index in [-0.39, 0.29) is 5.56 Å². The Morgan fingerprint density at radius 3 is 2.94 bits per heavy atom. The Kier molecular flexibility index (Phi) is 3.29. The number of aromatic nitrogens is 1. The van der Waals surface area contributed by atoms with Gasteiger partial charge >= 0.3 is 0 Å². The van der Waals surface area contributed by atoms with Gasteiger partial charge in [-0.25, -0.2) is 13.8 Å². The van der Waals surface area contributed by atoms with Crippen molar-refractivity contribution in [2.45, 2.75) is 0 Å². The van der Waals surface area contributed by atoms with Crippen molar-refractivity contribution in [1.82, 2.24) is 4.98 Å². The minimum absolute atomic E-state index is 0.0574. The fourth-order valence-corrected chi connectivity index (χ4v) is 1.66. The molecule has 0 aliphatic heterocycles. The van der Waals surface area contributed by atoms with Gasteiger partial charge in [0.05, 0.1) is 6.21 Å². The Morgan fingerprint density at radius 2 is 2.24 bits per heavy atom. The number of hydrogen-bond donors (Lipinski definition) is 2. The maximum absolute atomic E-state index is 13.2. The van der Waals surface area contributed by atoms with E-state index in [2.05, 4.69) is 15.5 Å². The molecule has 88 valence electrons. The lowest BCUT2D eigenvalue weighted by molar-refractivity contribution is 0.507. The van der Waals surface area contributed by atoms with Crippen molar-refractivity contribution in [3.63, 3.8) is 0 Å². The van der Waals surface area contributed by atoms with Crippen molar-refractivity contribution in [1.29, 1.82) is 0 Å². The standard InChI is InChI=1S/C10H8F2N4S/c11-7-3-1-2-6(9(7)12)4-14-16-10-15-8(13)5-17-10/h1-5H,13H2,(H,15,16). The van der Waals surface area contributed by atoms with E-state index in [9.17, 15) is 8.78 Å². The first-order chi connectivity index (χ1) is 8.16. The molecule has 3 N–H and O–H groups in total. The Balaban J connectivity index is 2.08. The number of thiazole rings is 1. The van der Waals surface area contributed by atoms with Crippen LogP contribution in [0, 0.1) is 11.6 Å². The van der Waals surface area contributed by atoms with Crippen molar-refractivity contribution >= 4 is 28.5 Å². The summed E-state index contributed by atoms with van der Waals surface area (Å²) in [6.45, 7) is 0. The van der Waals surface area contributed by atoms with Gasteiger partial charge in [0.1, 0.15) is 5.82 Å². The lowest BCUT2D eigenvalue weighted by Crippen LogP contribution is -1.95. The highest BCUT2D eigenvalue weighted by Gasteiger charge is 2.04. The van der Waals surface area contributed by atoms with Gasteiger partial charge in [-0.05, 0) is 6.07 Å². The quantitative estimate of drug-likeness (QED) is 0.653. The molecule has 0 bridgehead atoms. The molecule has 0 saturated carbocycles. The second kappa shape index (κ2) is 4.88. The molecule has 2 rings (SSSR count). The van der Waals surface area contributed by atoms with Crippen LogP contribution in [0.4, 0.5) is 19.7 Å². The molecular formula is C10H8F2N4S. The van der Waals surface area contributed by atoms with E-state index in [1.165, 1.54) is 29.7 Å². The average molecular weight is 254 g/mol. The van der Waals surface area contributed by atoms with Crippen LogP contribution in [0.15, 0.2) is 28.7 Å². The monoisotopic (exact) mass is 254 g/mol. The number of nitrogens with one attached hydrogen (secondary N) is 1. The second-order valence-electron chi connectivity index (χ2n) is 3.09. The van der Waals surface area contributed by atoms with E-state index in [1.807, 2.05) is 0 Å². The molecule has 0 atom stereocenters. The molecule has 2 aromatic rings. The number of nitrogens with zero attached hydrogens (tertiary/aromatic N) is 2. The number of anilines is 2. The summed E-state index contributed by atoms with van der Waals surface area (Å²) in [4.78, 5) is 3.89. The number of hydrogen-bond acceptors (Lipinski definition) is 5. The normalized spacial score (nSPS) is 10.9. The molecule has 0 radical (unpaired) electrons. The SMILES string of the molecule is Nc1csc(NN=Cc2cccc(F)c2F)n1. The number of rotatable bonds is 3. The lowest BCUT2D eigenvalue weighted by Gasteiger charge is -1.97. The number of nitrogen functional groups attached to an aromatic ring is 1. The third kappa shape index (κ3) is 2.76. The van der Waals surface area contributed by atoms with Gasteiger partial charge < -0.3 is 5.73 Å². The Labute approximate surface area is 99.8 Å². The first kappa shape index (κ1) is 11.5. The fraction of sp³-hybridized carbons (Fsp3) is 0. The van der Waals surface area contributed by atoms with Gasteiger partial charge in [-0.3, -0.25) is 5.43 Å². The van der Waals surface area contributed by atoms with Crippen LogP contribution in [0.25, 0.3) is 0 Å². The van der Waals surface area contributed by atoms with Gasteiger partial charge in [0.2, 0.25) is 5.13 Å². The maximum atomic E-state index is 13.2. The molecule has 1 heterocycles. The van der Waals surface area contributed by atoms with Gasteiger partial charge in [0.15, 0.2) is 11.6 Å². The van der Waals surface area contributed by atoms with Gasteiger partial charge in [0, 0.05) is 10.9 Å². The van der Waals surface area contributed by atoms with Crippen molar-refractivity contribution in [2.75, 3.05) is 11.2 Å². The smallest absolute Gasteiger partial charge is 0.205 e. The van der Waals surface area contributed by atoms with Gasteiger partial charge in [-0.2, -0.15) is 5.10 Å². The summed E-state index contributed by atoms with van der Waals surface area (Å²) < 4.78 is 26.1. The molecule has 0 fully saturated rings. The topological polar surface area (TPSA) is 63.3 Å². The highest BCUT2D eigenvalue weighted by molar-refractivity contribution is 7.14. The van der Waals surface area contributed by atoms with Crippen LogP contribution in [0.1, 0.15) is 5.56 Å². The molecule has 7 heteroatoms. The zero-order valence-corrected chi connectivity index (χ0v) is 9.34. The maximum Gasteiger partial charge on any atom is 0.205 e. The van der Waals surface area contributed by atoms with Crippen LogP contribution in [-0.2, 0) is 0 Å². The molecule has 1 aromatic carbocycles. The predicted molar refractivity (Wildman–Crippen MR) is 64.1 cm³/mol. The summed E-state index contributed by atoms with van der Waals surface area (Å²) in [5.41, 5.74) is 8.03. The molecule has 0 aliphatic carbocycles. The van der Waals surface area contributed by atoms with Crippen molar-refractivity contribution in [2.24, 2.45) is 5.10 Å². The molecule has 4 nitrogen and oxygen atoms in total. The number of halogens is 2. The summed E-state index contributed by atoms with van der Waals surface area (Å²) in [5.74, 6) is -1.46. The van der Waals surface area contributed by atoms with Crippen LogP contribution in [0.2, 0.25) is 0 Å². The minimum atomic E-state index is -0.934. The summed E-state index contributed by atoms with van der Waals surface area (Å²) in [6, 6.07) is 3.86. The Morgan fingerprint density at radius 1 is 1.41 bits per heavy atom. The number of benzene rings is 1. The average Bonchev–Trinajstić information content (AvgIpc) is 2.70. The zero-order chi connectivity index (χ0) is 12.3. The third-order valence-corrected chi connectivity index (χ3v) is 2.63. The molecule has 17 heavy (non-hydrogen) atoms. The first-order valence-corrected chi connectivity index (χ1v) is 5.49. The second-order valence-corrected chi connectivity index (χ2v) is 3.95. The predicted octanol–water partition coefficient (Wildman–Crippen LogP) is 2.45. The highest BCUT2D eigenvalue weighted by Crippen LogP contribution is 2.16. The van der Waals surface area contributed by atoms with Crippen LogP contribution < -0.4 is 11.2 Å². The largest absolute Gasteiger partial charge is 0.383 e. The van der Waals surface area contributed by atoms with Crippen LogP contribution in [-0.4, -0.2) is 11.2 Å². The van der Waals surface area contributed by atoms with E-state index in [0.29, 0.717) is 10.9 Å². The summed E-state index contributed by atoms with van der Waals surface area (Å²) in [5, 5.41) is 5.86. The molecule has 0 aliphatic rings. The van der Waals surface area contributed by atoms with E-state index < -0.39 is 11.6 Å². The van der Waals surface area contributed by atoms with E-state index in [1.54, 1.807) is 5.38 Å². The van der Waals surface area contributed by atoms with Crippen molar-refractivity contribution < 1.29 is 8.78 Å². The molecule has 0 amide bonds. The molecule has 1 aromatic heterocycles. The summed E-state index contributed by atoms with van der Waals surface area (Å²) in [7, 11) is 0. The summed E-state index contributed by atoms with van der Waals surface area (Å²) >= 11 is 1.26. The highest BCUT2D eigenvalue weighted by atomic mass is 32.1. The van der Waals surface area contributed by atoms with Crippen LogP contribution >= 0.6 is 11.3 Å². The van der Waals surface area contributed by atoms with E-state index in [4.69, 9.17) is 5.73 Å². The lowest BCUT2D eigenvalue weighted by atomic mass is 10.2. The molecular weight excluding hydrogens is 246 g/mol. The Hall–Kier alpha value is -2.02. The Bertz CT molecular complexity index is 553. The zero-order valence-electron chi connectivity index (χ0n) is 8.52. The van der Waals surface area contributed by atoms with Gasteiger partial charge in [0.25, 0.3) is 0 Å². The number of hydrazone groups is 1. The molecule has 0 unspecified atom stereocenters. The van der Waals surface area contributed by atoms with E-state index >= 15 is 0 Å². The third-order valence-electron chi connectivity index (χ3n) is 1.87. The minimum Gasteiger partial charge on any atom is -0.383 e. The molecule has 0 saturated heterocycles. The number of nitrogens with two attached hydrogens (primary N) is 1. The van der Waals surface area contributed by atoms with Crippen LogP contribution in [0.3, 0.4) is 0 Å². The van der Waals surface area contributed by atoms with Crippen LogP contribution in [0.5, 0.6) is 0 Å². The first-order valence-electron chi connectivity index (χ1n) is 4.61. The van der Waals surface area contributed by atoms with Gasteiger partial charge in [-0.1, -0.05) is 12.1 Å². The van der Waals surface area contributed by atoms with Crippen molar-refractivity contribution in [3.05, 3.63) is 40.8 Å². The molecule has 0 spiro atoms. The fourth-order valence-electron chi connectivity index (χ4n) is 1.11. The summed E-state index contributed by atoms with van der Waals surface area (Å²) in [6.07, 6.45) is 1.18.